The Labute approximate surface area is 106 Å². The Bertz CT molecular complexity index is 357. The van der Waals surface area contributed by atoms with Gasteiger partial charge in [0, 0.05) is 18.5 Å². The molecule has 1 heterocycles. The van der Waals surface area contributed by atoms with Crippen molar-refractivity contribution < 1.29 is 9.53 Å². The third-order valence-corrected chi connectivity index (χ3v) is 3.22. The molecule has 0 fully saturated rings. The van der Waals surface area contributed by atoms with Gasteiger partial charge < -0.3 is 15.4 Å². The maximum absolute atomic E-state index is 11.9. The highest BCUT2D eigenvalue weighted by Gasteiger charge is 2.25. The van der Waals surface area contributed by atoms with E-state index in [0.29, 0.717) is 6.54 Å². The third-order valence-electron chi connectivity index (χ3n) is 2.24. The van der Waals surface area contributed by atoms with Gasteiger partial charge >= 0.3 is 6.09 Å². The van der Waals surface area contributed by atoms with E-state index in [0.717, 1.165) is 4.88 Å². The van der Waals surface area contributed by atoms with Gasteiger partial charge in [-0.05, 0) is 32.2 Å². The van der Waals surface area contributed by atoms with E-state index >= 15 is 0 Å². The molecule has 0 aliphatic carbocycles. The normalized spacial score (nSPS) is 13.2. The molecule has 4 nitrogen and oxygen atoms in total. The fourth-order valence-electron chi connectivity index (χ4n) is 1.41. The van der Waals surface area contributed by atoms with E-state index in [2.05, 4.69) is 0 Å². The van der Waals surface area contributed by atoms with E-state index in [9.17, 15) is 4.79 Å². The molecule has 0 aromatic carbocycles. The smallest absolute Gasteiger partial charge is 0.410 e. The number of ether oxygens (including phenoxy) is 1. The first-order valence-corrected chi connectivity index (χ1v) is 6.42. The van der Waals surface area contributed by atoms with Gasteiger partial charge in [-0.2, -0.15) is 0 Å². The van der Waals surface area contributed by atoms with Crippen molar-refractivity contribution in [3.8, 4) is 0 Å². The van der Waals surface area contributed by atoms with Crippen LogP contribution in [-0.4, -0.2) is 30.2 Å². The van der Waals surface area contributed by atoms with Gasteiger partial charge in [0.15, 0.2) is 0 Å². The lowest BCUT2D eigenvalue weighted by atomic mass is 10.2. The zero-order chi connectivity index (χ0) is 13.1. The van der Waals surface area contributed by atoms with Gasteiger partial charge in [-0.3, -0.25) is 0 Å². The molecule has 0 aliphatic heterocycles. The number of carbonyl (C=O) groups excluding carboxylic acids is 1. The van der Waals surface area contributed by atoms with Crippen LogP contribution in [0.2, 0.25) is 0 Å². The minimum atomic E-state index is -0.486. The van der Waals surface area contributed by atoms with Crippen LogP contribution >= 0.6 is 11.3 Å². The van der Waals surface area contributed by atoms with Crippen molar-refractivity contribution in [1.82, 2.24) is 4.90 Å². The van der Waals surface area contributed by atoms with Crippen molar-refractivity contribution >= 4 is 17.4 Å². The molecule has 0 spiro atoms. The number of rotatable bonds is 3. The molecule has 2 N–H and O–H groups in total. The van der Waals surface area contributed by atoms with Crippen LogP contribution in [0.3, 0.4) is 0 Å². The third kappa shape index (κ3) is 4.02. The topological polar surface area (TPSA) is 55.6 Å². The summed E-state index contributed by atoms with van der Waals surface area (Å²) in [7, 11) is 1.71. The van der Waals surface area contributed by atoms with Crippen LogP contribution in [0.25, 0.3) is 0 Å². The van der Waals surface area contributed by atoms with E-state index in [1.54, 1.807) is 23.3 Å². The van der Waals surface area contributed by atoms with Gasteiger partial charge in [-0.15, -0.1) is 11.3 Å². The molecule has 1 aromatic rings. The predicted molar refractivity (Wildman–Crippen MR) is 70.1 cm³/mol. The summed E-state index contributed by atoms with van der Waals surface area (Å²) >= 11 is 1.59. The Morgan fingerprint density at radius 2 is 2.24 bits per heavy atom. The predicted octanol–water partition coefficient (Wildman–Crippen LogP) is 2.61. The Kier molecular flexibility index (Phi) is 4.54. The molecule has 1 rings (SSSR count). The van der Waals surface area contributed by atoms with Crippen LogP contribution in [0.1, 0.15) is 31.7 Å². The number of likely N-dealkylation sites (N-methyl/N-ethyl adjacent to an activating group) is 1. The average molecular weight is 256 g/mol. The Morgan fingerprint density at radius 3 is 2.65 bits per heavy atom. The van der Waals surface area contributed by atoms with Gasteiger partial charge in [0.2, 0.25) is 0 Å². The van der Waals surface area contributed by atoms with Gasteiger partial charge in [-0.25, -0.2) is 4.79 Å². The lowest BCUT2D eigenvalue weighted by Gasteiger charge is -2.29. The van der Waals surface area contributed by atoms with E-state index in [1.165, 1.54) is 0 Å². The summed E-state index contributed by atoms with van der Waals surface area (Å²) in [6.45, 7) is 5.93. The maximum atomic E-state index is 11.9. The standard InChI is InChI=1S/C12H20N2O2S/c1-12(2,3)16-11(15)14(4)9(8-13)10-6-5-7-17-10/h5-7,9H,8,13H2,1-4H3. The molecule has 1 aromatic heterocycles. The second-order valence-corrected chi connectivity index (χ2v) is 5.84. The van der Waals surface area contributed by atoms with Gasteiger partial charge in [0.25, 0.3) is 0 Å². The fourth-order valence-corrected chi connectivity index (χ4v) is 2.29. The highest BCUT2D eigenvalue weighted by molar-refractivity contribution is 7.10. The molecule has 1 amide bonds. The number of nitrogens with two attached hydrogens (primary N) is 1. The van der Waals surface area contributed by atoms with E-state index < -0.39 is 5.60 Å². The van der Waals surface area contributed by atoms with Crippen molar-refractivity contribution in [2.45, 2.75) is 32.4 Å². The van der Waals surface area contributed by atoms with Gasteiger partial charge in [-0.1, -0.05) is 6.07 Å². The molecular formula is C12H20N2O2S. The van der Waals surface area contributed by atoms with Crippen molar-refractivity contribution in [3.05, 3.63) is 22.4 Å². The lowest BCUT2D eigenvalue weighted by molar-refractivity contribution is 0.0228. The summed E-state index contributed by atoms with van der Waals surface area (Å²) < 4.78 is 5.32. The first-order valence-electron chi connectivity index (χ1n) is 5.54. The van der Waals surface area contributed by atoms with Crippen molar-refractivity contribution in [2.24, 2.45) is 5.73 Å². The first-order chi connectivity index (χ1) is 7.85. The first kappa shape index (κ1) is 14.0. The highest BCUT2D eigenvalue weighted by Crippen LogP contribution is 2.24. The van der Waals surface area contributed by atoms with Crippen LogP contribution in [-0.2, 0) is 4.74 Å². The zero-order valence-corrected chi connectivity index (χ0v) is 11.6. The molecule has 0 saturated carbocycles. The molecule has 1 atom stereocenters. The maximum Gasteiger partial charge on any atom is 0.410 e. The summed E-state index contributed by atoms with van der Waals surface area (Å²) in [5.74, 6) is 0. The summed E-state index contributed by atoms with van der Waals surface area (Å²) in [5.41, 5.74) is 5.24. The Morgan fingerprint density at radius 1 is 1.59 bits per heavy atom. The van der Waals surface area contributed by atoms with Crippen molar-refractivity contribution in [3.63, 3.8) is 0 Å². The van der Waals surface area contributed by atoms with Crippen LogP contribution in [0.5, 0.6) is 0 Å². The van der Waals surface area contributed by atoms with Crippen molar-refractivity contribution in [1.29, 1.82) is 0 Å². The fraction of sp³-hybridized carbons (Fsp3) is 0.583. The number of carbonyl (C=O) groups is 1. The largest absolute Gasteiger partial charge is 0.444 e. The highest BCUT2D eigenvalue weighted by atomic mass is 32.1. The average Bonchev–Trinajstić information content (AvgIpc) is 2.69. The molecule has 5 heteroatoms. The number of hydrogen-bond acceptors (Lipinski definition) is 4. The van der Waals surface area contributed by atoms with Crippen LogP contribution < -0.4 is 5.73 Å². The quantitative estimate of drug-likeness (QED) is 0.904. The lowest BCUT2D eigenvalue weighted by Crippen LogP contribution is -2.39. The summed E-state index contributed by atoms with van der Waals surface area (Å²) in [5, 5.41) is 1.97. The molecule has 96 valence electrons. The number of thiophene rings is 1. The summed E-state index contributed by atoms with van der Waals surface area (Å²) in [6, 6.07) is 3.80. The van der Waals surface area contributed by atoms with Crippen LogP contribution in [0.4, 0.5) is 4.79 Å². The summed E-state index contributed by atoms with van der Waals surface area (Å²) in [6.07, 6.45) is -0.346. The number of amides is 1. The van der Waals surface area contributed by atoms with Crippen LogP contribution in [0.15, 0.2) is 17.5 Å². The zero-order valence-electron chi connectivity index (χ0n) is 10.8. The van der Waals surface area contributed by atoms with Crippen LogP contribution in [0, 0.1) is 0 Å². The SMILES string of the molecule is CN(C(=O)OC(C)(C)C)C(CN)c1cccs1. The molecule has 1 unspecified atom stereocenters. The molecular weight excluding hydrogens is 236 g/mol. The van der Waals surface area contributed by atoms with Gasteiger partial charge in [0.1, 0.15) is 5.60 Å². The summed E-state index contributed by atoms with van der Waals surface area (Å²) in [4.78, 5) is 14.5. The molecule has 0 aliphatic rings. The number of hydrogen-bond donors (Lipinski definition) is 1. The van der Waals surface area contributed by atoms with E-state index in [4.69, 9.17) is 10.5 Å². The van der Waals surface area contributed by atoms with E-state index in [-0.39, 0.29) is 12.1 Å². The molecule has 0 bridgehead atoms. The molecule has 17 heavy (non-hydrogen) atoms. The van der Waals surface area contributed by atoms with Gasteiger partial charge in [0.05, 0.1) is 6.04 Å². The molecule has 0 saturated heterocycles. The van der Waals surface area contributed by atoms with Crippen molar-refractivity contribution in [2.75, 3.05) is 13.6 Å². The minimum Gasteiger partial charge on any atom is -0.444 e. The molecule has 0 radical (unpaired) electrons. The Hall–Kier alpha value is -1.07. The van der Waals surface area contributed by atoms with E-state index in [1.807, 2.05) is 38.3 Å². The Balaban J connectivity index is 2.73. The minimum absolute atomic E-state index is 0.121. The number of nitrogens with zero attached hydrogens (tertiary/aromatic N) is 1. The second-order valence-electron chi connectivity index (χ2n) is 4.86. The second kappa shape index (κ2) is 5.51. The monoisotopic (exact) mass is 256 g/mol.